The molecule has 1 amide bonds. The Kier molecular flexibility index (Phi) is 4.55. The van der Waals surface area contributed by atoms with Gasteiger partial charge in [-0.15, -0.1) is 11.8 Å². The summed E-state index contributed by atoms with van der Waals surface area (Å²) in [5, 5.41) is 0.175. The highest BCUT2D eigenvalue weighted by molar-refractivity contribution is 8.00. The average molecular weight is 358 g/mol. The van der Waals surface area contributed by atoms with Gasteiger partial charge in [-0.05, 0) is 23.8 Å². The maximum atomic E-state index is 13.4. The van der Waals surface area contributed by atoms with Crippen molar-refractivity contribution in [1.82, 2.24) is 4.90 Å². The lowest BCUT2D eigenvalue weighted by atomic mass is 10.1. The maximum Gasteiger partial charge on any atom is 0.234 e. The number of rotatable bonds is 3. The largest absolute Gasteiger partial charge is 0.321 e. The van der Waals surface area contributed by atoms with E-state index in [-0.39, 0.29) is 29.1 Å². The standard InChI is InChI=1S/C16H11ClF3NOS/c17-11-4-2-1-3-10(11)16-21(14(22)8-23-16)7-9-5-12(18)15(20)13(19)6-9/h1-6,16H,7-8H2. The monoisotopic (exact) mass is 357 g/mol. The van der Waals surface area contributed by atoms with E-state index >= 15 is 0 Å². The van der Waals surface area contributed by atoms with Gasteiger partial charge in [-0.2, -0.15) is 0 Å². The minimum absolute atomic E-state index is 0.0180. The molecule has 2 aromatic rings. The van der Waals surface area contributed by atoms with Gasteiger partial charge in [0.15, 0.2) is 17.5 Å². The predicted molar refractivity (Wildman–Crippen MR) is 83.5 cm³/mol. The zero-order chi connectivity index (χ0) is 16.6. The van der Waals surface area contributed by atoms with Crippen LogP contribution in [0.25, 0.3) is 0 Å². The molecule has 0 saturated carbocycles. The second-order valence-electron chi connectivity index (χ2n) is 5.08. The van der Waals surface area contributed by atoms with Gasteiger partial charge in [0.25, 0.3) is 0 Å². The highest BCUT2D eigenvalue weighted by atomic mass is 35.5. The molecule has 0 spiro atoms. The number of carbonyl (C=O) groups is 1. The summed E-state index contributed by atoms with van der Waals surface area (Å²) >= 11 is 7.56. The van der Waals surface area contributed by atoms with Crippen molar-refractivity contribution in [3.63, 3.8) is 0 Å². The van der Waals surface area contributed by atoms with Crippen molar-refractivity contribution in [3.8, 4) is 0 Å². The fourth-order valence-electron chi connectivity index (χ4n) is 2.45. The first kappa shape index (κ1) is 16.2. The van der Waals surface area contributed by atoms with Crippen LogP contribution in [0, 0.1) is 17.5 Å². The molecule has 1 heterocycles. The molecule has 0 aliphatic carbocycles. The Hall–Kier alpha value is -1.66. The Balaban J connectivity index is 1.91. The average Bonchev–Trinajstić information content (AvgIpc) is 2.86. The van der Waals surface area contributed by atoms with E-state index in [1.807, 2.05) is 0 Å². The number of amides is 1. The van der Waals surface area contributed by atoms with E-state index in [1.165, 1.54) is 16.7 Å². The first-order valence-corrected chi connectivity index (χ1v) is 8.19. The van der Waals surface area contributed by atoms with Crippen LogP contribution < -0.4 is 0 Å². The van der Waals surface area contributed by atoms with Crippen molar-refractivity contribution >= 4 is 29.3 Å². The molecule has 120 valence electrons. The fourth-order valence-corrected chi connectivity index (χ4v) is 3.98. The van der Waals surface area contributed by atoms with Crippen molar-refractivity contribution < 1.29 is 18.0 Å². The minimum Gasteiger partial charge on any atom is -0.321 e. The molecule has 2 aromatic carbocycles. The van der Waals surface area contributed by atoms with E-state index in [4.69, 9.17) is 11.6 Å². The van der Waals surface area contributed by atoms with E-state index in [0.29, 0.717) is 5.02 Å². The molecule has 0 bridgehead atoms. The van der Waals surface area contributed by atoms with Gasteiger partial charge in [0.2, 0.25) is 5.91 Å². The Morgan fingerprint density at radius 1 is 1.17 bits per heavy atom. The number of halogens is 4. The molecule has 2 nitrogen and oxygen atoms in total. The molecule has 0 aromatic heterocycles. The van der Waals surface area contributed by atoms with Crippen LogP contribution in [0.3, 0.4) is 0 Å². The molecule has 1 fully saturated rings. The minimum atomic E-state index is -1.52. The molecule has 23 heavy (non-hydrogen) atoms. The Bertz CT molecular complexity index is 748. The molecule has 0 radical (unpaired) electrons. The van der Waals surface area contributed by atoms with Gasteiger partial charge >= 0.3 is 0 Å². The number of benzene rings is 2. The topological polar surface area (TPSA) is 20.3 Å². The number of hydrogen-bond donors (Lipinski definition) is 0. The molecule has 1 atom stereocenters. The molecule has 1 aliphatic heterocycles. The zero-order valence-electron chi connectivity index (χ0n) is 11.7. The third-order valence-electron chi connectivity index (χ3n) is 3.54. The highest BCUT2D eigenvalue weighted by Gasteiger charge is 2.34. The molecule has 3 rings (SSSR count). The van der Waals surface area contributed by atoms with E-state index in [1.54, 1.807) is 24.3 Å². The van der Waals surface area contributed by atoms with Crippen LogP contribution in [0.5, 0.6) is 0 Å². The molecule has 0 N–H and O–H groups in total. The van der Waals surface area contributed by atoms with Crippen LogP contribution in [-0.4, -0.2) is 16.6 Å². The second kappa shape index (κ2) is 6.45. The number of carbonyl (C=O) groups excluding carboxylic acids is 1. The van der Waals surface area contributed by atoms with Crippen molar-refractivity contribution in [2.75, 3.05) is 5.75 Å². The van der Waals surface area contributed by atoms with Crippen molar-refractivity contribution in [2.24, 2.45) is 0 Å². The van der Waals surface area contributed by atoms with Crippen LogP contribution in [0.2, 0.25) is 5.02 Å². The molecule has 1 aliphatic rings. The summed E-state index contributed by atoms with van der Waals surface area (Å²) in [4.78, 5) is 13.6. The summed E-state index contributed by atoms with van der Waals surface area (Å²) in [6, 6.07) is 8.91. The SMILES string of the molecule is O=C1CSC(c2ccccc2Cl)N1Cc1cc(F)c(F)c(F)c1. The Labute approximate surface area is 140 Å². The maximum absolute atomic E-state index is 13.4. The second-order valence-corrected chi connectivity index (χ2v) is 6.56. The molecule has 1 saturated heterocycles. The van der Waals surface area contributed by atoms with Gasteiger partial charge in [-0.3, -0.25) is 4.79 Å². The highest BCUT2D eigenvalue weighted by Crippen LogP contribution is 2.42. The molecular weight excluding hydrogens is 347 g/mol. The lowest BCUT2D eigenvalue weighted by Gasteiger charge is -2.25. The summed E-state index contributed by atoms with van der Waals surface area (Å²) in [6.07, 6.45) is 0. The van der Waals surface area contributed by atoms with Crippen LogP contribution in [-0.2, 0) is 11.3 Å². The van der Waals surface area contributed by atoms with E-state index in [2.05, 4.69) is 0 Å². The normalized spacial score (nSPS) is 17.8. The first-order chi connectivity index (χ1) is 11.0. The van der Waals surface area contributed by atoms with Gasteiger partial charge in [-0.1, -0.05) is 29.8 Å². The summed E-state index contributed by atoms with van der Waals surface area (Å²) in [7, 11) is 0. The third-order valence-corrected chi connectivity index (χ3v) is 5.12. The van der Waals surface area contributed by atoms with Crippen molar-refractivity contribution in [1.29, 1.82) is 0 Å². The zero-order valence-corrected chi connectivity index (χ0v) is 13.3. The number of nitrogens with zero attached hydrogens (tertiary/aromatic N) is 1. The van der Waals surface area contributed by atoms with Crippen LogP contribution in [0.15, 0.2) is 36.4 Å². The Morgan fingerprint density at radius 3 is 2.48 bits per heavy atom. The quantitative estimate of drug-likeness (QED) is 0.752. The van der Waals surface area contributed by atoms with Gasteiger partial charge in [0, 0.05) is 17.1 Å². The molecular formula is C16H11ClF3NOS. The third kappa shape index (κ3) is 3.19. The summed E-state index contributed by atoms with van der Waals surface area (Å²) < 4.78 is 39.7. The summed E-state index contributed by atoms with van der Waals surface area (Å²) in [6.45, 7) is -0.0180. The van der Waals surface area contributed by atoms with Gasteiger partial charge < -0.3 is 4.90 Å². The van der Waals surface area contributed by atoms with Gasteiger partial charge in [-0.25, -0.2) is 13.2 Å². The van der Waals surface area contributed by atoms with Gasteiger partial charge in [0.1, 0.15) is 5.37 Å². The van der Waals surface area contributed by atoms with Crippen LogP contribution in [0.1, 0.15) is 16.5 Å². The lowest BCUT2D eigenvalue weighted by molar-refractivity contribution is -0.128. The summed E-state index contributed by atoms with van der Waals surface area (Å²) in [5.41, 5.74) is 0.947. The van der Waals surface area contributed by atoms with E-state index in [0.717, 1.165) is 17.7 Å². The number of thioether (sulfide) groups is 1. The molecule has 7 heteroatoms. The first-order valence-electron chi connectivity index (χ1n) is 6.76. The smallest absolute Gasteiger partial charge is 0.234 e. The Morgan fingerprint density at radius 2 is 1.83 bits per heavy atom. The van der Waals surface area contributed by atoms with Gasteiger partial charge in [0.05, 0.1) is 5.75 Å². The van der Waals surface area contributed by atoms with Crippen LogP contribution >= 0.6 is 23.4 Å². The van der Waals surface area contributed by atoms with Crippen LogP contribution in [0.4, 0.5) is 13.2 Å². The van der Waals surface area contributed by atoms with E-state index in [9.17, 15) is 18.0 Å². The summed E-state index contributed by atoms with van der Waals surface area (Å²) in [5.74, 6) is -3.96. The number of hydrogen-bond acceptors (Lipinski definition) is 2. The van der Waals surface area contributed by atoms with Crippen molar-refractivity contribution in [2.45, 2.75) is 11.9 Å². The fraction of sp³-hybridized carbons (Fsp3) is 0.188. The molecule has 1 unspecified atom stereocenters. The predicted octanol–water partition coefficient (Wildman–Crippen LogP) is 4.53. The van der Waals surface area contributed by atoms with E-state index < -0.39 is 17.5 Å². The van der Waals surface area contributed by atoms with Crippen molar-refractivity contribution in [3.05, 3.63) is 70.0 Å². The lowest BCUT2D eigenvalue weighted by Crippen LogP contribution is -2.28.